The summed E-state index contributed by atoms with van der Waals surface area (Å²) in [6, 6.07) is 9.43. The lowest BCUT2D eigenvalue weighted by molar-refractivity contribution is 0.0759. The van der Waals surface area contributed by atoms with Crippen LogP contribution in [-0.2, 0) is 0 Å². The van der Waals surface area contributed by atoms with Crippen molar-refractivity contribution in [1.82, 2.24) is 5.32 Å². The molecular formula is C19H29NO. The molecule has 0 saturated heterocycles. The van der Waals surface area contributed by atoms with Crippen LogP contribution in [0.25, 0.3) is 0 Å². The van der Waals surface area contributed by atoms with Crippen molar-refractivity contribution in [2.24, 2.45) is 11.8 Å². The van der Waals surface area contributed by atoms with Gasteiger partial charge in [0.25, 0.3) is 0 Å². The van der Waals surface area contributed by atoms with Gasteiger partial charge in [-0.2, -0.15) is 0 Å². The fourth-order valence-corrected chi connectivity index (χ4v) is 4.20. The zero-order chi connectivity index (χ0) is 15.0. The highest BCUT2D eigenvalue weighted by molar-refractivity contribution is 5.42. The molecular weight excluding hydrogens is 258 g/mol. The van der Waals surface area contributed by atoms with E-state index in [4.69, 9.17) is 4.74 Å². The maximum Gasteiger partial charge on any atom is 0.125 e. The van der Waals surface area contributed by atoms with Crippen LogP contribution in [0.4, 0.5) is 0 Å². The first-order valence-electron chi connectivity index (χ1n) is 8.53. The molecule has 1 heterocycles. The lowest BCUT2D eigenvalue weighted by Gasteiger charge is -2.39. The second-order valence-electron chi connectivity index (χ2n) is 7.64. The first-order valence-corrected chi connectivity index (χ1v) is 8.53. The van der Waals surface area contributed by atoms with Crippen LogP contribution in [0.5, 0.6) is 5.75 Å². The fraction of sp³-hybridized carbons (Fsp3) is 0.684. The predicted octanol–water partition coefficient (Wildman–Crippen LogP) is 4.70. The molecule has 0 amide bonds. The van der Waals surface area contributed by atoms with Gasteiger partial charge in [0.1, 0.15) is 11.4 Å². The Labute approximate surface area is 129 Å². The number of nitrogens with one attached hydrogen (secondary N) is 1. The summed E-state index contributed by atoms with van der Waals surface area (Å²) in [5, 5.41) is 3.97. The molecule has 1 aliphatic carbocycles. The topological polar surface area (TPSA) is 21.3 Å². The van der Waals surface area contributed by atoms with Gasteiger partial charge in [-0.15, -0.1) is 0 Å². The summed E-state index contributed by atoms with van der Waals surface area (Å²) in [6.45, 7) is 9.15. The number of hydrogen-bond acceptors (Lipinski definition) is 2. The Balaban J connectivity index is 1.82. The Hall–Kier alpha value is -1.02. The molecule has 0 spiro atoms. The molecule has 1 aromatic carbocycles. The van der Waals surface area contributed by atoms with Crippen molar-refractivity contribution in [1.29, 1.82) is 0 Å². The molecule has 1 saturated carbocycles. The molecule has 1 aromatic rings. The average molecular weight is 287 g/mol. The second kappa shape index (κ2) is 5.64. The predicted molar refractivity (Wildman–Crippen MR) is 87.6 cm³/mol. The average Bonchev–Trinajstić information content (AvgIpc) is 2.70. The lowest BCUT2D eigenvalue weighted by atomic mass is 9.77. The molecule has 21 heavy (non-hydrogen) atoms. The van der Waals surface area contributed by atoms with E-state index in [-0.39, 0.29) is 5.60 Å². The van der Waals surface area contributed by atoms with E-state index in [1.54, 1.807) is 0 Å². The molecule has 0 bridgehead atoms. The van der Waals surface area contributed by atoms with Gasteiger partial charge in [0.15, 0.2) is 0 Å². The van der Waals surface area contributed by atoms with Gasteiger partial charge in [-0.25, -0.2) is 0 Å². The summed E-state index contributed by atoms with van der Waals surface area (Å²) in [7, 11) is 0. The van der Waals surface area contributed by atoms with Crippen LogP contribution < -0.4 is 10.1 Å². The van der Waals surface area contributed by atoms with Gasteiger partial charge in [0, 0.05) is 11.6 Å². The summed E-state index contributed by atoms with van der Waals surface area (Å²) < 4.78 is 6.18. The van der Waals surface area contributed by atoms with Gasteiger partial charge in [-0.3, -0.25) is 0 Å². The third-order valence-electron chi connectivity index (χ3n) is 5.35. The number of hydrogen-bond donors (Lipinski definition) is 1. The number of benzene rings is 1. The van der Waals surface area contributed by atoms with Gasteiger partial charge in [-0.05, 0) is 44.6 Å². The number of para-hydroxylation sites is 1. The van der Waals surface area contributed by atoms with Gasteiger partial charge in [0.05, 0.1) is 6.04 Å². The minimum atomic E-state index is -0.164. The first-order chi connectivity index (χ1) is 9.99. The molecule has 3 unspecified atom stereocenters. The fourth-order valence-electron chi connectivity index (χ4n) is 4.20. The molecule has 116 valence electrons. The van der Waals surface area contributed by atoms with E-state index in [0.717, 1.165) is 17.6 Å². The van der Waals surface area contributed by atoms with Crippen LogP contribution >= 0.6 is 0 Å². The van der Waals surface area contributed by atoms with Crippen molar-refractivity contribution in [2.45, 2.75) is 71.1 Å². The summed E-state index contributed by atoms with van der Waals surface area (Å²) in [4.78, 5) is 0. The van der Waals surface area contributed by atoms with Crippen LogP contribution in [0.1, 0.15) is 65.0 Å². The monoisotopic (exact) mass is 287 g/mol. The third kappa shape index (κ3) is 2.83. The molecule has 2 nitrogen and oxygen atoms in total. The van der Waals surface area contributed by atoms with Crippen molar-refractivity contribution >= 4 is 0 Å². The summed E-state index contributed by atoms with van der Waals surface area (Å²) in [5.74, 6) is 2.60. The summed E-state index contributed by atoms with van der Waals surface area (Å²) in [5.41, 5.74) is 1.17. The van der Waals surface area contributed by atoms with Crippen molar-refractivity contribution in [3.63, 3.8) is 0 Å². The van der Waals surface area contributed by atoms with Gasteiger partial charge in [0.2, 0.25) is 0 Å². The molecule has 0 radical (unpaired) electrons. The van der Waals surface area contributed by atoms with Crippen LogP contribution in [-0.4, -0.2) is 11.6 Å². The maximum absolute atomic E-state index is 6.18. The highest BCUT2D eigenvalue weighted by Crippen LogP contribution is 2.44. The molecule has 1 aliphatic heterocycles. The second-order valence-corrected chi connectivity index (χ2v) is 7.64. The minimum absolute atomic E-state index is 0.164. The van der Waals surface area contributed by atoms with Crippen molar-refractivity contribution in [3.8, 4) is 5.75 Å². The quantitative estimate of drug-likeness (QED) is 0.870. The molecule has 1 N–H and O–H groups in total. The van der Waals surface area contributed by atoms with Gasteiger partial charge in [-0.1, -0.05) is 44.9 Å². The minimum Gasteiger partial charge on any atom is -0.486 e. The number of rotatable bonds is 3. The van der Waals surface area contributed by atoms with Crippen molar-refractivity contribution < 1.29 is 4.74 Å². The molecule has 0 aromatic heterocycles. The van der Waals surface area contributed by atoms with E-state index in [0.29, 0.717) is 12.1 Å². The lowest BCUT2D eigenvalue weighted by Crippen LogP contribution is -2.48. The zero-order valence-electron chi connectivity index (χ0n) is 13.9. The molecule has 3 atom stereocenters. The standard InChI is InChI=1S/C19H29NO/c1-13(2)14-9-5-7-11-16(14)20-18-15-10-6-8-12-17(15)21-19(18,3)4/h6,8,10,12-14,16,18,20H,5,7,9,11H2,1-4H3. The largest absolute Gasteiger partial charge is 0.486 e. The van der Waals surface area contributed by atoms with E-state index >= 15 is 0 Å². The molecule has 3 rings (SSSR count). The Morgan fingerprint density at radius 3 is 2.62 bits per heavy atom. The van der Waals surface area contributed by atoms with Gasteiger partial charge >= 0.3 is 0 Å². The third-order valence-corrected chi connectivity index (χ3v) is 5.35. The maximum atomic E-state index is 6.18. The van der Waals surface area contributed by atoms with Crippen LogP contribution in [0.3, 0.4) is 0 Å². The van der Waals surface area contributed by atoms with Crippen molar-refractivity contribution in [2.75, 3.05) is 0 Å². The first kappa shape index (κ1) is 14.9. The smallest absolute Gasteiger partial charge is 0.125 e. The Morgan fingerprint density at radius 2 is 1.86 bits per heavy atom. The SMILES string of the molecule is CC(C)C1CCCCC1NC1c2ccccc2OC1(C)C. The van der Waals surface area contributed by atoms with E-state index in [1.165, 1.54) is 31.2 Å². The highest BCUT2D eigenvalue weighted by Gasteiger charge is 2.43. The molecule has 1 fully saturated rings. The Morgan fingerprint density at radius 1 is 1.14 bits per heavy atom. The van der Waals surface area contributed by atoms with Crippen LogP contribution in [0.2, 0.25) is 0 Å². The highest BCUT2D eigenvalue weighted by atomic mass is 16.5. The van der Waals surface area contributed by atoms with E-state index < -0.39 is 0 Å². The van der Waals surface area contributed by atoms with Gasteiger partial charge < -0.3 is 10.1 Å². The number of ether oxygens (including phenoxy) is 1. The van der Waals surface area contributed by atoms with E-state index in [9.17, 15) is 0 Å². The van der Waals surface area contributed by atoms with Crippen molar-refractivity contribution in [3.05, 3.63) is 29.8 Å². The number of fused-ring (bicyclic) bond motifs is 1. The normalized spacial score (nSPS) is 31.0. The summed E-state index contributed by atoms with van der Waals surface area (Å²) >= 11 is 0. The Kier molecular flexibility index (Phi) is 4.00. The van der Waals surface area contributed by atoms with Crippen LogP contribution in [0, 0.1) is 11.8 Å². The van der Waals surface area contributed by atoms with Crippen LogP contribution in [0.15, 0.2) is 24.3 Å². The molecule has 2 heteroatoms. The molecule has 2 aliphatic rings. The Bertz CT molecular complexity index is 494. The van der Waals surface area contributed by atoms with E-state index in [1.807, 2.05) is 0 Å². The summed E-state index contributed by atoms with van der Waals surface area (Å²) in [6.07, 6.45) is 5.42. The zero-order valence-corrected chi connectivity index (χ0v) is 13.9. The van der Waals surface area contributed by atoms with E-state index in [2.05, 4.69) is 57.3 Å².